The number of ether oxygens (including phenoxy) is 3. The monoisotopic (exact) mass is 492 g/mol. The van der Waals surface area contributed by atoms with E-state index in [9.17, 15) is 4.39 Å². The zero-order chi connectivity index (χ0) is 24.6. The molecule has 0 aliphatic carbocycles. The van der Waals surface area contributed by atoms with Gasteiger partial charge in [0.25, 0.3) is 0 Å². The van der Waals surface area contributed by atoms with Crippen LogP contribution in [0.3, 0.4) is 0 Å². The Bertz CT molecular complexity index is 1220. The Morgan fingerprint density at radius 1 is 0.971 bits per heavy atom. The highest BCUT2D eigenvalue weighted by Crippen LogP contribution is 2.35. The van der Waals surface area contributed by atoms with Gasteiger partial charge in [-0.3, -0.25) is 0 Å². The maximum atomic E-state index is 14.0. The van der Waals surface area contributed by atoms with Crippen LogP contribution < -0.4 is 19.5 Å². The number of hydrogen-bond acceptors (Lipinski definition) is 6. The fourth-order valence-corrected chi connectivity index (χ4v) is 4.70. The van der Waals surface area contributed by atoms with Crippen LogP contribution in [0.2, 0.25) is 0 Å². The molecule has 4 aromatic rings. The molecule has 0 bridgehead atoms. The molecule has 0 aliphatic rings. The SMILES string of the molecule is COc1cc(OCc2ccccc2F)cc(OC)c1CNC(Cc1ccccc1)c1ncc(C)s1. The van der Waals surface area contributed by atoms with Crippen molar-refractivity contribution in [2.75, 3.05) is 14.2 Å². The lowest BCUT2D eigenvalue weighted by Gasteiger charge is -2.20. The molecule has 0 radical (unpaired) electrons. The largest absolute Gasteiger partial charge is 0.496 e. The summed E-state index contributed by atoms with van der Waals surface area (Å²) in [4.78, 5) is 5.80. The van der Waals surface area contributed by atoms with Crippen LogP contribution >= 0.6 is 11.3 Å². The lowest BCUT2D eigenvalue weighted by atomic mass is 10.1. The second-order valence-electron chi connectivity index (χ2n) is 8.12. The second-order valence-corrected chi connectivity index (χ2v) is 9.39. The third-order valence-corrected chi connectivity index (χ3v) is 6.71. The summed E-state index contributed by atoms with van der Waals surface area (Å²) in [6.07, 6.45) is 2.71. The molecule has 35 heavy (non-hydrogen) atoms. The third-order valence-electron chi connectivity index (χ3n) is 5.68. The number of methoxy groups -OCH3 is 2. The fourth-order valence-electron chi connectivity index (χ4n) is 3.85. The van der Waals surface area contributed by atoms with Crippen LogP contribution in [0.4, 0.5) is 4.39 Å². The van der Waals surface area contributed by atoms with Crippen LogP contribution in [-0.4, -0.2) is 19.2 Å². The molecule has 0 amide bonds. The molecular weight excluding hydrogens is 463 g/mol. The van der Waals surface area contributed by atoms with Crippen LogP contribution in [0, 0.1) is 12.7 Å². The molecule has 1 unspecified atom stereocenters. The summed E-state index contributed by atoms with van der Waals surface area (Å²) >= 11 is 1.69. The van der Waals surface area contributed by atoms with Crippen molar-refractivity contribution in [1.29, 1.82) is 0 Å². The predicted molar refractivity (Wildman–Crippen MR) is 137 cm³/mol. The highest BCUT2D eigenvalue weighted by molar-refractivity contribution is 7.11. The quantitative estimate of drug-likeness (QED) is 0.268. The van der Waals surface area contributed by atoms with E-state index >= 15 is 0 Å². The Labute approximate surface area is 209 Å². The van der Waals surface area contributed by atoms with Crippen LogP contribution in [0.25, 0.3) is 0 Å². The molecule has 0 fully saturated rings. The van der Waals surface area contributed by atoms with Crippen molar-refractivity contribution in [2.45, 2.75) is 32.5 Å². The summed E-state index contributed by atoms with van der Waals surface area (Å²) in [5.74, 6) is 1.51. The number of nitrogens with zero attached hydrogens (tertiary/aromatic N) is 1. The molecule has 7 heteroatoms. The Kier molecular flexibility index (Phi) is 8.34. The minimum Gasteiger partial charge on any atom is -0.496 e. The number of hydrogen-bond donors (Lipinski definition) is 1. The van der Waals surface area contributed by atoms with Crippen molar-refractivity contribution >= 4 is 11.3 Å². The van der Waals surface area contributed by atoms with Crippen molar-refractivity contribution in [3.05, 3.63) is 105 Å². The van der Waals surface area contributed by atoms with Gasteiger partial charge in [0.2, 0.25) is 0 Å². The third kappa shape index (κ3) is 6.38. The van der Waals surface area contributed by atoms with Gasteiger partial charge >= 0.3 is 0 Å². The van der Waals surface area contributed by atoms with Gasteiger partial charge in [0.05, 0.1) is 25.8 Å². The molecular formula is C28H29FN2O3S. The zero-order valence-corrected chi connectivity index (χ0v) is 20.9. The van der Waals surface area contributed by atoms with Gasteiger partial charge in [-0.15, -0.1) is 11.3 Å². The first-order valence-corrected chi connectivity index (χ1v) is 12.2. The molecule has 1 atom stereocenters. The lowest BCUT2D eigenvalue weighted by Crippen LogP contribution is -2.23. The van der Waals surface area contributed by atoms with E-state index in [2.05, 4.69) is 29.4 Å². The van der Waals surface area contributed by atoms with Gasteiger partial charge in [0, 0.05) is 35.3 Å². The number of thiazole rings is 1. The van der Waals surface area contributed by atoms with Gasteiger partial charge in [-0.1, -0.05) is 48.5 Å². The Morgan fingerprint density at radius 2 is 1.66 bits per heavy atom. The molecule has 1 aromatic heterocycles. The topological polar surface area (TPSA) is 52.6 Å². The molecule has 3 aromatic carbocycles. The summed E-state index contributed by atoms with van der Waals surface area (Å²) in [5.41, 5.74) is 2.59. The van der Waals surface area contributed by atoms with Gasteiger partial charge in [0.1, 0.15) is 34.7 Å². The number of benzene rings is 3. The van der Waals surface area contributed by atoms with Gasteiger partial charge in [-0.2, -0.15) is 0 Å². The molecule has 0 saturated heterocycles. The first kappa shape index (κ1) is 24.7. The molecule has 5 nitrogen and oxygen atoms in total. The molecule has 1 N–H and O–H groups in total. The van der Waals surface area contributed by atoms with E-state index in [1.807, 2.05) is 24.4 Å². The molecule has 1 heterocycles. The lowest BCUT2D eigenvalue weighted by molar-refractivity contribution is 0.293. The predicted octanol–water partition coefficient (Wildman–Crippen LogP) is 6.26. The van der Waals surface area contributed by atoms with E-state index in [0.717, 1.165) is 17.0 Å². The zero-order valence-electron chi connectivity index (χ0n) is 20.1. The Hall–Kier alpha value is -3.42. The van der Waals surface area contributed by atoms with Crippen molar-refractivity contribution in [3.63, 3.8) is 0 Å². The number of rotatable bonds is 11. The number of aryl methyl sites for hydroxylation is 1. The molecule has 182 valence electrons. The Morgan fingerprint density at radius 3 is 2.29 bits per heavy atom. The van der Waals surface area contributed by atoms with E-state index in [1.54, 1.807) is 55.9 Å². The fraction of sp³-hybridized carbons (Fsp3) is 0.250. The summed E-state index contributed by atoms with van der Waals surface area (Å²) in [6, 6.07) is 20.6. The maximum Gasteiger partial charge on any atom is 0.130 e. The van der Waals surface area contributed by atoms with Crippen molar-refractivity contribution in [1.82, 2.24) is 10.3 Å². The van der Waals surface area contributed by atoms with Crippen LogP contribution in [0.1, 0.15) is 32.6 Å². The highest BCUT2D eigenvalue weighted by atomic mass is 32.1. The van der Waals surface area contributed by atoms with Crippen LogP contribution in [0.5, 0.6) is 17.2 Å². The van der Waals surface area contributed by atoms with Gasteiger partial charge in [-0.05, 0) is 25.0 Å². The molecule has 0 aliphatic heterocycles. The summed E-state index contributed by atoms with van der Waals surface area (Å²) in [5, 5.41) is 4.68. The van der Waals surface area contributed by atoms with Gasteiger partial charge in [0.15, 0.2) is 0 Å². The van der Waals surface area contributed by atoms with Gasteiger partial charge < -0.3 is 19.5 Å². The van der Waals surface area contributed by atoms with E-state index in [1.165, 1.54) is 16.5 Å². The van der Waals surface area contributed by atoms with Gasteiger partial charge in [-0.25, -0.2) is 9.37 Å². The summed E-state index contributed by atoms with van der Waals surface area (Å²) < 4.78 is 31.2. The molecule has 0 saturated carbocycles. The normalized spacial score (nSPS) is 11.8. The number of halogens is 1. The van der Waals surface area contributed by atoms with Crippen LogP contribution in [0.15, 0.2) is 72.9 Å². The Balaban J connectivity index is 1.53. The second kappa shape index (κ2) is 11.8. The molecule has 0 spiro atoms. The number of nitrogens with one attached hydrogen (secondary N) is 1. The van der Waals surface area contributed by atoms with E-state index in [-0.39, 0.29) is 18.5 Å². The van der Waals surface area contributed by atoms with Crippen LogP contribution in [-0.2, 0) is 19.6 Å². The first-order valence-electron chi connectivity index (χ1n) is 11.4. The van der Waals surface area contributed by atoms with Crippen molar-refractivity contribution < 1.29 is 18.6 Å². The van der Waals surface area contributed by atoms with Crippen molar-refractivity contribution in [2.24, 2.45) is 0 Å². The molecule has 4 rings (SSSR count). The summed E-state index contributed by atoms with van der Waals surface area (Å²) in [7, 11) is 3.23. The smallest absolute Gasteiger partial charge is 0.130 e. The van der Waals surface area contributed by atoms with E-state index in [0.29, 0.717) is 29.4 Å². The maximum absolute atomic E-state index is 14.0. The standard InChI is InChI=1S/C28H29FN2O3S/c1-19-16-31-28(35-19)25(13-20-9-5-4-6-10-20)30-17-23-26(32-2)14-22(15-27(23)33-3)34-18-21-11-7-8-12-24(21)29/h4-12,14-16,25,30H,13,17-18H2,1-3H3. The first-order chi connectivity index (χ1) is 17.1. The minimum absolute atomic E-state index is 0.0301. The van der Waals surface area contributed by atoms with E-state index in [4.69, 9.17) is 14.2 Å². The number of aromatic nitrogens is 1. The highest BCUT2D eigenvalue weighted by Gasteiger charge is 2.19. The summed E-state index contributed by atoms with van der Waals surface area (Å²) in [6.45, 7) is 2.68. The average Bonchev–Trinajstić information content (AvgIpc) is 3.32. The average molecular weight is 493 g/mol. The minimum atomic E-state index is -0.297. The van der Waals surface area contributed by atoms with E-state index < -0.39 is 0 Å². The van der Waals surface area contributed by atoms with Crippen molar-refractivity contribution in [3.8, 4) is 17.2 Å².